The van der Waals surface area contributed by atoms with Crippen molar-refractivity contribution < 1.29 is 0 Å². The molecule has 2 rings (SSSR count). The smallest absolute Gasteiger partial charge is 0.0735 e. The zero-order valence-corrected chi connectivity index (χ0v) is 11.7. The minimum Gasteiger partial charge on any atom is -0.253 e. The van der Waals surface area contributed by atoms with Crippen molar-refractivity contribution in [1.29, 1.82) is 0 Å². The van der Waals surface area contributed by atoms with Gasteiger partial charge in [0.05, 0.1) is 10.5 Å². The number of hydrogen-bond acceptors (Lipinski definition) is 1. The molecule has 0 aliphatic rings. The van der Waals surface area contributed by atoms with Crippen LogP contribution >= 0.6 is 23.2 Å². The SMILES string of the molecule is Cc1cc2c(Cl)cc(CC(C)C)nc2cc1Cl. The van der Waals surface area contributed by atoms with Crippen LogP contribution in [0.2, 0.25) is 10.0 Å². The van der Waals surface area contributed by atoms with Crippen molar-refractivity contribution in [1.82, 2.24) is 4.98 Å². The summed E-state index contributed by atoms with van der Waals surface area (Å²) in [5.74, 6) is 0.567. The maximum absolute atomic E-state index is 6.29. The van der Waals surface area contributed by atoms with Gasteiger partial charge in [0.15, 0.2) is 0 Å². The third kappa shape index (κ3) is 2.72. The average molecular weight is 268 g/mol. The van der Waals surface area contributed by atoms with E-state index in [0.717, 1.165) is 38.6 Å². The summed E-state index contributed by atoms with van der Waals surface area (Å²) in [4.78, 5) is 4.61. The van der Waals surface area contributed by atoms with E-state index in [1.165, 1.54) is 0 Å². The van der Waals surface area contributed by atoms with Crippen molar-refractivity contribution in [2.75, 3.05) is 0 Å². The van der Waals surface area contributed by atoms with Gasteiger partial charge in [-0.2, -0.15) is 0 Å². The molecule has 1 aromatic carbocycles. The van der Waals surface area contributed by atoms with Crippen molar-refractivity contribution in [3.63, 3.8) is 0 Å². The van der Waals surface area contributed by atoms with Gasteiger partial charge < -0.3 is 0 Å². The Morgan fingerprint density at radius 1 is 1.12 bits per heavy atom. The number of hydrogen-bond donors (Lipinski definition) is 0. The number of nitrogens with zero attached hydrogens (tertiary/aromatic N) is 1. The summed E-state index contributed by atoms with van der Waals surface area (Å²) < 4.78 is 0. The normalized spacial score (nSPS) is 11.4. The lowest BCUT2D eigenvalue weighted by Crippen LogP contribution is -1.98. The van der Waals surface area contributed by atoms with E-state index in [2.05, 4.69) is 18.8 Å². The van der Waals surface area contributed by atoms with Gasteiger partial charge in [-0.25, -0.2) is 0 Å². The van der Waals surface area contributed by atoms with Crippen molar-refractivity contribution in [2.45, 2.75) is 27.2 Å². The van der Waals surface area contributed by atoms with Crippen LogP contribution in [0.4, 0.5) is 0 Å². The predicted octanol–water partition coefficient (Wildman–Crippen LogP) is 5.05. The van der Waals surface area contributed by atoms with Crippen LogP contribution in [0.15, 0.2) is 18.2 Å². The van der Waals surface area contributed by atoms with Crippen molar-refractivity contribution in [3.8, 4) is 0 Å². The summed E-state index contributed by atoms with van der Waals surface area (Å²) in [6, 6.07) is 5.84. The second-order valence-corrected chi connectivity index (χ2v) is 5.63. The lowest BCUT2D eigenvalue weighted by molar-refractivity contribution is 0.637. The van der Waals surface area contributed by atoms with Gasteiger partial charge in [-0.15, -0.1) is 0 Å². The van der Waals surface area contributed by atoms with Gasteiger partial charge in [-0.1, -0.05) is 37.0 Å². The minimum atomic E-state index is 0.567. The predicted molar refractivity (Wildman–Crippen MR) is 75.0 cm³/mol. The van der Waals surface area contributed by atoms with Crippen molar-refractivity contribution in [3.05, 3.63) is 39.5 Å². The molecule has 0 aliphatic heterocycles. The Hall–Kier alpha value is -0.790. The number of pyridine rings is 1. The first-order chi connectivity index (χ1) is 7.97. The molecular formula is C14H15Cl2N. The lowest BCUT2D eigenvalue weighted by atomic mass is 10.1. The average Bonchev–Trinajstić information content (AvgIpc) is 2.20. The van der Waals surface area contributed by atoms with E-state index in [0.29, 0.717) is 5.92 Å². The highest BCUT2D eigenvalue weighted by atomic mass is 35.5. The largest absolute Gasteiger partial charge is 0.253 e. The summed E-state index contributed by atoms with van der Waals surface area (Å²) in [6.07, 6.45) is 0.932. The molecule has 0 unspecified atom stereocenters. The Labute approximate surface area is 112 Å². The molecule has 0 fully saturated rings. The molecule has 0 amide bonds. The Balaban J connectivity index is 2.60. The molecular weight excluding hydrogens is 253 g/mol. The number of fused-ring (bicyclic) bond motifs is 1. The molecule has 0 saturated carbocycles. The van der Waals surface area contributed by atoms with Gasteiger partial charge in [-0.05, 0) is 43.0 Å². The Morgan fingerprint density at radius 3 is 2.47 bits per heavy atom. The second-order valence-electron chi connectivity index (χ2n) is 4.81. The van der Waals surface area contributed by atoms with Crippen LogP contribution in [-0.4, -0.2) is 4.98 Å². The molecule has 3 heteroatoms. The first-order valence-corrected chi connectivity index (χ1v) is 6.48. The third-order valence-corrected chi connectivity index (χ3v) is 3.43. The lowest BCUT2D eigenvalue weighted by Gasteiger charge is -2.09. The number of aryl methyl sites for hydroxylation is 1. The van der Waals surface area contributed by atoms with Gasteiger partial charge >= 0.3 is 0 Å². The number of rotatable bonds is 2. The van der Waals surface area contributed by atoms with Crippen LogP contribution in [-0.2, 0) is 6.42 Å². The summed E-state index contributed by atoms with van der Waals surface area (Å²) >= 11 is 12.4. The van der Waals surface area contributed by atoms with E-state index in [1.54, 1.807) is 0 Å². The molecule has 1 heterocycles. The van der Waals surface area contributed by atoms with E-state index in [9.17, 15) is 0 Å². The van der Waals surface area contributed by atoms with Crippen LogP contribution in [0, 0.1) is 12.8 Å². The Bertz CT molecular complexity index is 562. The fraction of sp³-hybridized carbons (Fsp3) is 0.357. The molecule has 0 saturated heterocycles. The quantitative estimate of drug-likeness (QED) is 0.742. The van der Waals surface area contributed by atoms with Crippen LogP contribution in [0.5, 0.6) is 0 Å². The van der Waals surface area contributed by atoms with Gasteiger partial charge in [0.25, 0.3) is 0 Å². The number of aromatic nitrogens is 1. The van der Waals surface area contributed by atoms with Gasteiger partial charge in [-0.3, -0.25) is 4.98 Å². The molecule has 1 nitrogen and oxygen atoms in total. The molecule has 0 N–H and O–H groups in total. The summed E-state index contributed by atoms with van der Waals surface area (Å²) in [5, 5.41) is 2.47. The zero-order valence-electron chi connectivity index (χ0n) is 10.2. The Kier molecular flexibility index (Phi) is 3.60. The summed E-state index contributed by atoms with van der Waals surface area (Å²) in [7, 11) is 0. The molecule has 0 bridgehead atoms. The van der Waals surface area contributed by atoms with Crippen molar-refractivity contribution >= 4 is 34.1 Å². The maximum Gasteiger partial charge on any atom is 0.0735 e. The molecule has 17 heavy (non-hydrogen) atoms. The highest BCUT2D eigenvalue weighted by molar-refractivity contribution is 6.36. The van der Waals surface area contributed by atoms with Crippen LogP contribution in [0.1, 0.15) is 25.1 Å². The van der Waals surface area contributed by atoms with E-state index < -0.39 is 0 Å². The highest BCUT2D eigenvalue weighted by Gasteiger charge is 2.08. The Morgan fingerprint density at radius 2 is 1.82 bits per heavy atom. The first-order valence-electron chi connectivity index (χ1n) is 5.72. The molecule has 2 aromatic rings. The number of halogens is 2. The van der Waals surface area contributed by atoms with Crippen LogP contribution in [0.3, 0.4) is 0 Å². The molecule has 0 spiro atoms. The number of benzene rings is 1. The fourth-order valence-corrected chi connectivity index (χ4v) is 2.32. The second kappa shape index (κ2) is 4.83. The van der Waals surface area contributed by atoms with E-state index >= 15 is 0 Å². The molecule has 0 atom stereocenters. The summed E-state index contributed by atoms with van der Waals surface area (Å²) in [6.45, 7) is 6.31. The maximum atomic E-state index is 6.29. The zero-order chi connectivity index (χ0) is 12.6. The van der Waals surface area contributed by atoms with Crippen LogP contribution in [0.25, 0.3) is 10.9 Å². The van der Waals surface area contributed by atoms with Gasteiger partial charge in [0, 0.05) is 16.1 Å². The van der Waals surface area contributed by atoms with E-state index in [-0.39, 0.29) is 0 Å². The van der Waals surface area contributed by atoms with Gasteiger partial charge in [0.2, 0.25) is 0 Å². The van der Waals surface area contributed by atoms with Crippen molar-refractivity contribution in [2.24, 2.45) is 5.92 Å². The topological polar surface area (TPSA) is 12.9 Å². The molecule has 0 radical (unpaired) electrons. The van der Waals surface area contributed by atoms with Gasteiger partial charge in [0.1, 0.15) is 0 Å². The molecule has 90 valence electrons. The monoisotopic (exact) mass is 267 g/mol. The molecule has 0 aliphatic carbocycles. The minimum absolute atomic E-state index is 0.567. The fourth-order valence-electron chi connectivity index (χ4n) is 1.89. The first kappa shape index (κ1) is 12.7. The summed E-state index contributed by atoms with van der Waals surface area (Å²) in [5.41, 5.74) is 2.93. The third-order valence-electron chi connectivity index (χ3n) is 2.71. The molecule has 1 aromatic heterocycles. The standard InChI is InChI=1S/C14H15Cl2N/c1-8(2)4-10-6-13(16)11-5-9(3)12(15)7-14(11)17-10/h5-8H,4H2,1-3H3. The van der Waals surface area contributed by atoms with E-state index in [4.69, 9.17) is 23.2 Å². The van der Waals surface area contributed by atoms with E-state index in [1.807, 2.05) is 25.1 Å². The highest BCUT2D eigenvalue weighted by Crippen LogP contribution is 2.28. The van der Waals surface area contributed by atoms with Crippen LogP contribution < -0.4 is 0 Å².